The molecule has 4 heteroatoms. The predicted molar refractivity (Wildman–Crippen MR) is 309 cm³/mol. The van der Waals surface area contributed by atoms with Crippen LogP contribution in [0.4, 0.5) is 28.4 Å². The molecule has 2 nitrogen and oxygen atoms in total. The van der Waals surface area contributed by atoms with Crippen molar-refractivity contribution in [3.63, 3.8) is 0 Å². The van der Waals surface area contributed by atoms with Crippen molar-refractivity contribution < 1.29 is 0 Å². The fraction of sp³-hybridized carbons (Fsp3) is 0.529. The molecule has 3 heterocycles. The molecule has 0 saturated heterocycles. The summed E-state index contributed by atoms with van der Waals surface area (Å²) in [6, 6.07) is 34.1. The van der Waals surface area contributed by atoms with Crippen LogP contribution in [0.1, 0.15) is 205 Å². The highest BCUT2D eigenvalue weighted by Gasteiger charge is 2.80. The van der Waals surface area contributed by atoms with Crippen LogP contribution in [-0.2, 0) is 37.9 Å². The van der Waals surface area contributed by atoms with E-state index < -0.39 is 0 Å². The maximum absolute atomic E-state index is 2.90. The standard InChI is InChI=1S/C68H81BN2S/c1-39-26-41(61(2,3)4)16-20-54(39)71-55-21-17-42(62(5,6)7)29-52(55)69-53-38-72-58-34-51-50(65(12,13)24-25-66(51,14)15)33-47(58)60(53)70(46-18-19-48-49(32-46)64(10,11)23-22-63(48,8)9)56-30-43(31-57(71)59(56)69)67-35-40-27-44-28-45(37-67)68(44,67)36-40/h16-21,26,29-34,40,44-45H,22-25,27-28,35-38H2,1-15H3/t40?,44?,45-,67?,68?/m0/s1. The van der Waals surface area contributed by atoms with E-state index in [-0.39, 0.29) is 44.6 Å². The SMILES string of the molecule is Cc1cc(C(C)(C)C)ccc1N1c2ccc(C(C)(C)C)cc2B2C3=C(c4cc5c(cc4SC3)C(C)(C)CCC5(C)C)N(c3ccc4c(c3)C(C)(C)CCC4(C)C)c3cc(C45CC6CC7C[C@@H](C4)C75C6)cc1c32. The van der Waals surface area contributed by atoms with E-state index in [1.165, 1.54) is 130 Å². The van der Waals surface area contributed by atoms with Gasteiger partial charge in [-0.15, -0.1) is 11.8 Å². The minimum Gasteiger partial charge on any atom is -0.311 e. The van der Waals surface area contributed by atoms with Crippen LogP contribution in [0.25, 0.3) is 5.70 Å². The van der Waals surface area contributed by atoms with Crippen molar-refractivity contribution in [2.24, 2.45) is 23.2 Å². The molecule has 4 fully saturated rings. The average molecular weight is 969 g/mol. The number of aryl methyl sites for hydroxylation is 1. The number of fused-ring (bicyclic) bond motifs is 8. The van der Waals surface area contributed by atoms with Crippen LogP contribution in [0.2, 0.25) is 0 Å². The third-order valence-corrected chi connectivity index (χ3v) is 23.3. The first kappa shape index (κ1) is 46.4. The van der Waals surface area contributed by atoms with Crippen LogP contribution in [-0.4, -0.2) is 12.5 Å². The molecule has 14 rings (SSSR count). The summed E-state index contributed by atoms with van der Waals surface area (Å²) in [5.74, 6) is 3.67. The van der Waals surface area contributed by atoms with Crippen molar-refractivity contribution in [3.05, 3.63) is 134 Å². The average Bonchev–Trinajstić information content (AvgIpc) is 3.82. The zero-order valence-corrected chi connectivity index (χ0v) is 47.5. The molecule has 4 unspecified atom stereocenters. The molecule has 1 spiro atoms. The number of nitrogens with zero attached hydrogens (tertiary/aromatic N) is 2. The molecule has 372 valence electrons. The van der Waals surface area contributed by atoms with E-state index in [9.17, 15) is 0 Å². The van der Waals surface area contributed by atoms with Gasteiger partial charge in [-0.2, -0.15) is 0 Å². The molecule has 0 aromatic heterocycles. The summed E-state index contributed by atoms with van der Waals surface area (Å²) in [6.45, 7) is 37.0. The van der Waals surface area contributed by atoms with Gasteiger partial charge in [-0.25, -0.2) is 0 Å². The lowest BCUT2D eigenvalue weighted by Gasteiger charge is -2.73. The Hall–Kier alpha value is -4.15. The number of hydrogen-bond acceptors (Lipinski definition) is 3. The number of rotatable bonds is 3. The molecule has 0 amide bonds. The number of hydrogen-bond donors (Lipinski definition) is 0. The zero-order chi connectivity index (χ0) is 50.4. The van der Waals surface area contributed by atoms with Gasteiger partial charge in [0.15, 0.2) is 0 Å². The van der Waals surface area contributed by atoms with Crippen molar-refractivity contribution in [2.45, 2.75) is 204 Å². The second kappa shape index (κ2) is 14.2. The first-order valence-electron chi connectivity index (χ1n) is 28.5. The smallest absolute Gasteiger partial charge is 0.248 e. The molecular weight excluding hydrogens is 888 g/mol. The maximum Gasteiger partial charge on any atom is 0.248 e. The summed E-state index contributed by atoms with van der Waals surface area (Å²) in [4.78, 5) is 7.16. The van der Waals surface area contributed by atoms with E-state index in [1.807, 2.05) is 0 Å². The summed E-state index contributed by atoms with van der Waals surface area (Å²) >= 11 is 2.13. The number of thioether (sulfide) groups is 1. The third-order valence-electron chi connectivity index (χ3n) is 22.2. The van der Waals surface area contributed by atoms with E-state index >= 15 is 0 Å². The third kappa shape index (κ3) is 5.94. The number of benzene rings is 5. The molecule has 3 aliphatic heterocycles. The summed E-state index contributed by atoms with van der Waals surface area (Å²) in [5.41, 5.74) is 27.8. The van der Waals surface area contributed by atoms with Crippen LogP contribution < -0.4 is 20.7 Å². The minimum absolute atomic E-state index is 0.00438. The monoisotopic (exact) mass is 969 g/mol. The molecule has 4 saturated carbocycles. The first-order valence-corrected chi connectivity index (χ1v) is 29.5. The minimum atomic E-state index is 0.00438. The summed E-state index contributed by atoms with van der Waals surface area (Å²) in [6.07, 6.45) is 12.0. The Morgan fingerprint density at radius 2 is 1.15 bits per heavy atom. The lowest BCUT2D eigenvalue weighted by atomic mass is 9.30. The first-order chi connectivity index (χ1) is 33.7. The maximum atomic E-state index is 2.90. The van der Waals surface area contributed by atoms with Crippen molar-refractivity contribution in [1.82, 2.24) is 0 Å². The lowest BCUT2D eigenvalue weighted by molar-refractivity contribution is -0.198. The van der Waals surface area contributed by atoms with Crippen LogP contribution in [0, 0.1) is 30.1 Å². The highest BCUT2D eigenvalue weighted by Crippen LogP contribution is 2.86. The molecule has 72 heavy (non-hydrogen) atoms. The normalized spacial score (nSPS) is 29.0. The van der Waals surface area contributed by atoms with E-state index in [0.717, 1.165) is 23.5 Å². The second-order valence-electron chi connectivity index (χ2n) is 30.1. The van der Waals surface area contributed by atoms with E-state index in [2.05, 4.69) is 204 Å². The van der Waals surface area contributed by atoms with Crippen molar-refractivity contribution in [3.8, 4) is 0 Å². The highest BCUT2D eigenvalue weighted by molar-refractivity contribution is 7.99. The fourth-order valence-corrected chi connectivity index (χ4v) is 19.0. The van der Waals surface area contributed by atoms with Gasteiger partial charge in [0.25, 0.3) is 0 Å². The topological polar surface area (TPSA) is 6.48 Å². The fourth-order valence-electron chi connectivity index (χ4n) is 17.9. The van der Waals surface area contributed by atoms with Crippen LogP contribution in [0.5, 0.6) is 0 Å². The molecule has 6 aliphatic carbocycles. The van der Waals surface area contributed by atoms with Gasteiger partial charge in [-0.05, 0) is 224 Å². The van der Waals surface area contributed by atoms with Gasteiger partial charge in [0.05, 0.1) is 0 Å². The highest BCUT2D eigenvalue weighted by atomic mass is 32.2. The van der Waals surface area contributed by atoms with E-state index in [0.29, 0.717) is 5.41 Å². The quantitative estimate of drug-likeness (QED) is 0.166. The van der Waals surface area contributed by atoms with Gasteiger partial charge in [0, 0.05) is 55.8 Å². The van der Waals surface area contributed by atoms with Crippen molar-refractivity contribution in [1.29, 1.82) is 0 Å². The van der Waals surface area contributed by atoms with Crippen LogP contribution in [0.15, 0.2) is 89.2 Å². The molecule has 5 aromatic rings. The second-order valence-corrected chi connectivity index (χ2v) is 31.1. The molecule has 5 atom stereocenters. The Morgan fingerprint density at radius 3 is 1.78 bits per heavy atom. The number of anilines is 5. The summed E-state index contributed by atoms with van der Waals surface area (Å²) < 4.78 is 0. The van der Waals surface area contributed by atoms with Crippen molar-refractivity contribution >= 4 is 63.5 Å². The van der Waals surface area contributed by atoms with Crippen LogP contribution >= 0.6 is 11.8 Å². The summed E-state index contributed by atoms with van der Waals surface area (Å²) in [5, 5.41) is 0. The Morgan fingerprint density at radius 1 is 0.556 bits per heavy atom. The van der Waals surface area contributed by atoms with Gasteiger partial charge >= 0.3 is 0 Å². The van der Waals surface area contributed by atoms with E-state index in [1.54, 1.807) is 33.3 Å². The van der Waals surface area contributed by atoms with E-state index in [4.69, 9.17) is 0 Å². The Bertz CT molecular complexity index is 3270. The molecular formula is C68H81BN2S. The lowest BCUT2D eigenvalue weighted by Crippen LogP contribution is -2.68. The van der Waals surface area contributed by atoms with Gasteiger partial charge in [0.2, 0.25) is 6.71 Å². The molecule has 0 radical (unpaired) electrons. The molecule has 2 bridgehead atoms. The predicted octanol–water partition coefficient (Wildman–Crippen LogP) is 17.0. The van der Waals surface area contributed by atoms with Crippen molar-refractivity contribution in [2.75, 3.05) is 15.6 Å². The van der Waals surface area contributed by atoms with Crippen LogP contribution in [0.3, 0.4) is 0 Å². The molecule has 9 aliphatic rings. The zero-order valence-electron chi connectivity index (χ0n) is 46.7. The molecule has 5 aromatic carbocycles. The van der Waals surface area contributed by atoms with Gasteiger partial charge < -0.3 is 9.80 Å². The summed E-state index contributed by atoms with van der Waals surface area (Å²) in [7, 11) is 0. The van der Waals surface area contributed by atoms with Gasteiger partial charge in [-0.3, -0.25) is 0 Å². The Labute approximate surface area is 438 Å². The Balaban J connectivity index is 1.12. The largest absolute Gasteiger partial charge is 0.311 e. The molecule has 0 N–H and O–H groups in total. The Kier molecular flexibility index (Phi) is 9.15. The van der Waals surface area contributed by atoms with Gasteiger partial charge in [0.1, 0.15) is 0 Å². The van der Waals surface area contributed by atoms with Gasteiger partial charge in [-0.1, -0.05) is 133 Å².